The number of rotatable bonds is 4. The van der Waals surface area contributed by atoms with Crippen LogP contribution in [0.4, 0.5) is 11.5 Å². The molecule has 0 aliphatic rings. The van der Waals surface area contributed by atoms with Crippen molar-refractivity contribution in [1.29, 1.82) is 0 Å². The fourth-order valence-electron chi connectivity index (χ4n) is 1.25. The number of pyridine rings is 1. The Bertz CT molecular complexity index is 373. The molecule has 0 aliphatic carbocycles. The maximum atomic E-state index is 11.7. The first-order valence-electron chi connectivity index (χ1n) is 5.61. The van der Waals surface area contributed by atoms with Gasteiger partial charge in [-0.05, 0) is 18.1 Å². The number of amides is 1. The molecule has 0 bridgehead atoms. The smallest absolute Gasteiger partial charge is 0.241 e. The third kappa shape index (κ3) is 3.71. The molecule has 0 aliphatic heterocycles. The number of carbonyl (C=O) groups excluding carboxylic acids is 1. The summed E-state index contributed by atoms with van der Waals surface area (Å²) in [6.07, 6.45) is 1.63. The Balaban J connectivity index is 2.66. The van der Waals surface area contributed by atoms with Crippen LogP contribution in [0, 0.1) is 5.92 Å². The molecule has 0 saturated carbocycles. The van der Waals surface area contributed by atoms with Gasteiger partial charge in [-0.3, -0.25) is 4.79 Å². The van der Waals surface area contributed by atoms with E-state index in [1.165, 1.54) is 0 Å². The van der Waals surface area contributed by atoms with Gasteiger partial charge in [-0.2, -0.15) is 0 Å². The van der Waals surface area contributed by atoms with Gasteiger partial charge in [0.1, 0.15) is 5.82 Å². The van der Waals surface area contributed by atoms with Crippen molar-refractivity contribution in [1.82, 2.24) is 4.98 Å². The second-order valence-electron chi connectivity index (χ2n) is 4.56. The molecule has 1 heterocycles. The lowest BCUT2D eigenvalue weighted by Crippen LogP contribution is -2.39. The van der Waals surface area contributed by atoms with Crippen molar-refractivity contribution in [3.05, 3.63) is 18.3 Å². The average molecular weight is 236 g/mol. The minimum Gasteiger partial charge on any atom is -0.363 e. The quantitative estimate of drug-likeness (QED) is 0.820. The minimum absolute atomic E-state index is 0.115. The van der Waals surface area contributed by atoms with Gasteiger partial charge >= 0.3 is 0 Å². The van der Waals surface area contributed by atoms with Crippen LogP contribution in [-0.2, 0) is 4.79 Å². The molecule has 1 amide bonds. The fourth-order valence-corrected chi connectivity index (χ4v) is 1.25. The van der Waals surface area contributed by atoms with Crippen LogP contribution in [0.15, 0.2) is 18.3 Å². The van der Waals surface area contributed by atoms with Crippen LogP contribution >= 0.6 is 0 Å². The third-order valence-corrected chi connectivity index (χ3v) is 2.49. The number of nitrogens with two attached hydrogens (primary N) is 1. The molecule has 0 fully saturated rings. The fraction of sp³-hybridized carbons (Fsp3) is 0.500. The molecule has 1 atom stereocenters. The lowest BCUT2D eigenvalue weighted by atomic mass is 10.1. The molecular formula is C12H20N4O. The molecule has 17 heavy (non-hydrogen) atoms. The summed E-state index contributed by atoms with van der Waals surface area (Å²) in [5.74, 6) is 0.777. The van der Waals surface area contributed by atoms with Crippen LogP contribution in [0.25, 0.3) is 0 Å². The molecule has 3 N–H and O–H groups in total. The van der Waals surface area contributed by atoms with Crippen LogP contribution in [0.3, 0.4) is 0 Å². The Labute approximate surface area is 102 Å². The largest absolute Gasteiger partial charge is 0.363 e. The van der Waals surface area contributed by atoms with Crippen LogP contribution in [0.2, 0.25) is 0 Å². The highest BCUT2D eigenvalue weighted by Gasteiger charge is 2.17. The summed E-state index contributed by atoms with van der Waals surface area (Å²) in [5.41, 5.74) is 6.41. The second kappa shape index (κ2) is 5.63. The van der Waals surface area contributed by atoms with E-state index in [-0.39, 0.29) is 11.8 Å². The summed E-state index contributed by atoms with van der Waals surface area (Å²) in [4.78, 5) is 17.8. The van der Waals surface area contributed by atoms with Crippen molar-refractivity contribution in [3.8, 4) is 0 Å². The lowest BCUT2D eigenvalue weighted by Gasteiger charge is -2.16. The predicted octanol–water partition coefficient (Wildman–Crippen LogP) is 1.07. The Kier molecular flexibility index (Phi) is 4.45. The highest BCUT2D eigenvalue weighted by atomic mass is 16.2. The Hall–Kier alpha value is -1.62. The molecular weight excluding hydrogens is 216 g/mol. The minimum atomic E-state index is -0.497. The van der Waals surface area contributed by atoms with Gasteiger partial charge in [0.2, 0.25) is 5.91 Å². The van der Waals surface area contributed by atoms with Crippen LogP contribution in [0.1, 0.15) is 13.8 Å². The Morgan fingerprint density at radius 2 is 2.06 bits per heavy atom. The maximum absolute atomic E-state index is 11.7. The molecule has 0 aromatic carbocycles. The van der Waals surface area contributed by atoms with Crippen molar-refractivity contribution in [2.45, 2.75) is 19.9 Å². The summed E-state index contributed by atoms with van der Waals surface area (Å²) < 4.78 is 0. The van der Waals surface area contributed by atoms with E-state index < -0.39 is 6.04 Å². The number of carbonyl (C=O) groups is 1. The number of aromatic nitrogens is 1. The standard InChI is InChI=1S/C12H20N4O/c1-8(2)11(13)12(17)15-9-5-6-10(14-7-9)16(3)4/h5-8,11H,13H2,1-4H3,(H,15,17)/t11-/m1/s1. The monoisotopic (exact) mass is 236 g/mol. The first-order valence-corrected chi connectivity index (χ1v) is 5.61. The van der Waals surface area contributed by atoms with Crippen LogP contribution < -0.4 is 16.0 Å². The number of nitrogens with one attached hydrogen (secondary N) is 1. The zero-order chi connectivity index (χ0) is 13.0. The zero-order valence-corrected chi connectivity index (χ0v) is 10.8. The first-order chi connectivity index (χ1) is 7.91. The van der Waals surface area contributed by atoms with Crippen LogP contribution in [-0.4, -0.2) is 31.0 Å². The second-order valence-corrected chi connectivity index (χ2v) is 4.56. The summed E-state index contributed by atoms with van der Waals surface area (Å²) in [6.45, 7) is 3.83. The molecule has 0 spiro atoms. The molecule has 0 radical (unpaired) electrons. The topological polar surface area (TPSA) is 71.2 Å². The van der Waals surface area contributed by atoms with E-state index in [1.54, 1.807) is 6.20 Å². The van der Waals surface area contributed by atoms with Crippen molar-refractivity contribution in [3.63, 3.8) is 0 Å². The van der Waals surface area contributed by atoms with Gasteiger partial charge < -0.3 is 16.0 Å². The SMILES string of the molecule is CC(C)[C@@H](N)C(=O)Nc1ccc(N(C)C)nc1. The zero-order valence-electron chi connectivity index (χ0n) is 10.8. The average Bonchev–Trinajstić information content (AvgIpc) is 2.28. The van der Waals surface area contributed by atoms with E-state index in [1.807, 2.05) is 45.0 Å². The molecule has 5 heteroatoms. The van der Waals surface area contributed by atoms with E-state index in [0.29, 0.717) is 5.69 Å². The molecule has 1 aromatic rings. The van der Waals surface area contributed by atoms with Crippen LogP contribution in [0.5, 0.6) is 0 Å². The molecule has 0 unspecified atom stereocenters. The number of nitrogens with zero attached hydrogens (tertiary/aromatic N) is 2. The van der Waals surface area contributed by atoms with Crippen molar-refractivity contribution >= 4 is 17.4 Å². The number of hydrogen-bond acceptors (Lipinski definition) is 4. The third-order valence-electron chi connectivity index (χ3n) is 2.49. The molecule has 1 rings (SSSR count). The van der Waals surface area contributed by atoms with Gasteiger partial charge in [0.25, 0.3) is 0 Å². The van der Waals surface area contributed by atoms with Gasteiger partial charge in [-0.25, -0.2) is 4.98 Å². The lowest BCUT2D eigenvalue weighted by molar-refractivity contribution is -0.118. The predicted molar refractivity (Wildman–Crippen MR) is 70.0 cm³/mol. The highest BCUT2D eigenvalue weighted by Crippen LogP contribution is 2.12. The van der Waals surface area contributed by atoms with Gasteiger partial charge in [0.15, 0.2) is 0 Å². The van der Waals surface area contributed by atoms with E-state index in [4.69, 9.17) is 5.73 Å². The van der Waals surface area contributed by atoms with E-state index in [9.17, 15) is 4.79 Å². The van der Waals surface area contributed by atoms with E-state index in [0.717, 1.165) is 5.82 Å². The Morgan fingerprint density at radius 1 is 1.41 bits per heavy atom. The highest BCUT2D eigenvalue weighted by molar-refractivity contribution is 5.94. The molecule has 94 valence electrons. The van der Waals surface area contributed by atoms with Gasteiger partial charge in [0.05, 0.1) is 17.9 Å². The van der Waals surface area contributed by atoms with Crippen molar-refractivity contribution < 1.29 is 4.79 Å². The van der Waals surface area contributed by atoms with Gasteiger partial charge in [0, 0.05) is 14.1 Å². The maximum Gasteiger partial charge on any atom is 0.241 e. The van der Waals surface area contributed by atoms with Gasteiger partial charge in [-0.15, -0.1) is 0 Å². The summed E-state index contributed by atoms with van der Waals surface area (Å²) in [7, 11) is 3.82. The first kappa shape index (κ1) is 13.4. The van der Waals surface area contributed by atoms with Gasteiger partial charge in [-0.1, -0.05) is 13.8 Å². The summed E-state index contributed by atoms with van der Waals surface area (Å²) in [5, 5.41) is 2.74. The molecule has 1 aromatic heterocycles. The normalized spacial score (nSPS) is 12.4. The van der Waals surface area contributed by atoms with Crippen molar-refractivity contribution in [2.75, 3.05) is 24.3 Å². The van der Waals surface area contributed by atoms with E-state index in [2.05, 4.69) is 10.3 Å². The Morgan fingerprint density at radius 3 is 2.47 bits per heavy atom. The number of anilines is 2. The number of hydrogen-bond donors (Lipinski definition) is 2. The molecule has 0 saturated heterocycles. The summed E-state index contributed by atoms with van der Waals surface area (Å²) in [6, 6.07) is 3.16. The van der Waals surface area contributed by atoms with E-state index >= 15 is 0 Å². The summed E-state index contributed by atoms with van der Waals surface area (Å²) >= 11 is 0. The van der Waals surface area contributed by atoms with Crippen molar-refractivity contribution in [2.24, 2.45) is 11.7 Å². The molecule has 5 nitrogen and oxygen atoms in total.